The Labute approximate surface area is 108 Å². The molecule has 3 heteroatoms. The van der Waals surface area contributed by atoms with E-state index in [-0.39, 0.29) is 0 Å². The van der Waals surface area contributed by atoms with Crippen molar-refractivity contribution in [3.8, 4) is 5.75 Å². The zero-order valence-corrected chi connectivity index (χ0v) is 10.5. The van der Waals surface area contributed by atoms with Gasteiger partial charge < -0.3 is 10.4 Å². The smallest absolute Gasteiger partial charge is 0.115 e. The van der Waals surface area contributed by atoms with Crippen molar-refractivity contribution >= 4 is 0 Å². The highest BCUT2D eigenvalue weighted by Gasteiger charge is 2.03. The molecule has 1 heterocycles. The van der Waals surface area contributed by atoms with Crippen molar-refractivity contribution in [1.82, 2.24) is 10.3 Å². The molecule has 94 valence electrons. The number of hydrogen-bond acceptors (Lipinski definition) is 3. The summed E-state index contributed by atoms with van der Waals surface area (Å²) >= 11 is 0. The molecule has 1 aromatic heterocycles. The average Bonchev–Trinajstić information content (AvgIpc) is 2.42. The first-order valence-corrected chi connectivity index (χ1v) is 6.17. The summed E-state index contributed by atoms with van der Waals surface area (Å²) in [6.07, 6.45) is 4.62. The molecule has 2 N–H and O–H groups in total. The van der Waals surface area contributed by atoms with Gasteiger partial charge >= 0.3 is 0 Å². The average molecular weight is 242 g/mol. The molecular formula is C15H18N2O. The molecule has 0 radical (unpaired) electrons. The van der Waals surface area contributed by atoms with Crippen LogP contribution in [-0.4, -0.2) is 16.6 Å². The molecule has 0 saturated carbocycles. The van der Waals surface area contributed by atoms with Gasteiger partial charge in [-0.05, 0) is 49.2 Å². The zero-order valence-electron chi connectivity index (χ0n) is 10.5. The largest absolute Gasteiger partial charge is 0.508 e. The van der Waals surface area contributed by atoms with E-state index in [9.17, 15) is 5.11 Å². The summed E-state index contributed by atoms with van der Waals surface area (Å²) in [6, 6.07) is 11.7. The Morgan fingerprint density at radius 1 is 1.22 bits per heavy atom. The van der Waals surface area contributed by atoms with Gasteiger partial charge in [0.05, 0.1) is 0 Å². The summed E-state index contributed by atoms with van der Waals surface area (Å²) in [5.41, 5.74) is 2.42. The second-order valence-electron chi connectivity index (χ2n) is 4.38. The molecule has 2 aromatic rings. The summed E-state index contributed by atoms with van der Waals surface area (Å²) < 4.78 is 0. The van der Waals surface area contributed by atoms with E-state index < -0.39 is 0 Å². The Kier molecular flexibility index (Phi) is 4.31. The highest BCUT2D eigenvalue weighted by molar-refractivity contribution is 5.26. The number of hydrogen-bond donors (Lipinski definition) is 2. The number of nitrogens with zero attached hydrogens (tertiary/aromatic N) is 1. The predicted molar refractivity (Wildman–Crippen MR) is 72.5 cm³/mol. The van der Waals surface area contributed by atoms with E-state index in [1.165, 1.54) is 11.1 Å². The van der Waals surface area contributed by atoms with E-state index in [1.807, 2.05) is 24.4 Å². The standard InChI is InChI=1S/C15H18N2O/c1-12(14-3-2-9-16-11-14)17-10-8-13-4-6-15(18)7-5-13/h2-7,9,11-12,17-18H,8,10H2,1H3. The van der Waals surface area contributed by atoms with Crippen LogP contribution in [0.1, 0.15) is 24.1 Å². The Bertz CT molecular complexity index is 468. The molecular weight excluding hydrogens is 224 g/mol. The molecule has 0 fully saturated rings. The molecule has 1 unspecified atom stereocenters. The maximum atomic E-state index is 9.20. The van der Waals surface area contributed by atoms with Gasteiger partial charge in [-0.25, -0.2) is 0 Å². The molecule has 0 aliphatic carbocycles. The SMILES string of the molecule is CC(NCCc1ccc(O)cc1)c1cccnc1. The predicted octanol–water partition coefficient (Wildman–Crippen LogP) is 2.68. The van der Waals surface area contributed by atoms with Crippen molar-refractivity contribution in [3.05, 3.63) is 59.9 Å². The number of rotatable bonds is 5. The second kappa shape index (κ2) is 6.17. The van der Waals surface area contributed by atoms with Crippen LogP contribution in [0.25, 0.3) is 0 Å². The normalized spacial score (nSPS) is 12.3. The van der Waals surface area contributed by atoms with Crippen molar-refractivity contribution in [3.63, 3.8) is 0 Å². The number of aromatic hydroxyl groups is 1. The molecule has 1 aromatic carbocycles. The third-order valence-corrected chi connectivity index (χ3v) is 2.98. The molecule has 18 heavy (non-hydrogen) atoms. The molecule has 0 aliphatic heterocycles. The van der Waals surface area contributed by atoms with Gasteiger partial charge in [-0.3, -0.25) is 4.98 Å². The number of pyridine rings is 1. The summed E-state index contributed by atoms with van der Waals surface area (Å²) in [4.78, 5) is 4.11. The monoisotopic (exact) mass is 242 g/mol. The van der Waals surface area contributed by atoms with Gasteiger partial charge in [0.25, 0.3) is 0 Å². The third kappa shape index (κ3) is 3.57. The molecule has 3 nitrogen and oxygen atoms in total. The first-order valence-electron chi connectivity index (χ1n) is 6.17. The van der Waals surface area contributed by atoms with E-state index >= 15 is 0 Å². The fourth-order valence-electron chi connectivity index (χ4n) is 1.85. The molecule has 0 spiro atoms. The molecule has 0 aliphatic rings. The van der Waals surface area contributed by atoms with Gasteiger partial charge in [0.2, 0.25) is 0 Å². The van der Waals surface area contributed by atoms with Gasteiger partial charge in [-0.15, -0.1) is 0 Å². The fraction of sp³-hybridized carbons (Fsp3) is 0.267. The summed E-state index contributed by atoms with van der Waals surface area (Å²) in [5.74, 6) is 0.315. The number of nitrogens with one attached hydrogen (secondary N) is 1. The molecule has 0 amide bonds. The Hall–Kier alpha value is -1.87. The highest BCUT2D eigenvalue weighted by atomic mass is 16.3. The van der Waals surface area contributed by atoms with Gasteiger partial charge in [0.15, 0.2) is 0 Å². The van der Waals surface area contributed by atoms with E-state index in [4.69, 9.17) is 0 Å². The topological polar surface area (TPSA) is 45.1 Å². The lowest BCUT2D eigenvalue weighted by atomic mass is 10.1. The lowest BCUT2D eigenvalue weighted by molar-refractivity contribution is 0.475. The Morgan fingerprint density at radius 3 is 2.67 bits per heavy atom. The van der Waals surface area contributed by atoms with Crippen LogP contribution >= 0.6 is 0 Å². The van der Waals surface area contributed by atoms with Crippen LogP contribution in [0.2, 0.25) is 0 Å². The van der Waals surface area contributed by atoms with Crippen LogP contribution < -0.4 is 5.32 Å². The highest BCUT2D eigenvalue weighted by Crippen LogP contribution is 2.11. The summed E-state index contributed by atoms with van der Waals surface area (Å²) in [6.45, 7) is 3.04. The van der Waals surface area contributed by atoms with Gasteiger partial charge in [-0.2, -0.15) is 0 Å². The summed E-state index contributed by atoms with van der Waals surface area (Å²) in [5, 5.41) is 12.7. The lowest BCUT2D eigenvalue weighted by Gasteiger charge is -2.13. The minimum Gasteiger partial charge on any atom is -0.508 e. The quantitative estimate of drug-likeness (QED) is 0.847. The third-order valence-electron chi connectivity index (χ3n) is 2.98. The van der Waals surface area contributed by atoms with Crippen molar-refractivity contribution < 1.29 is 5.11 Å². The number of aromatic nitrogens is 1. The maximum absolute atomic E-state index is 9.20. The Morgan fingerprint density at radius 2 is 2.00 bits per heavy atom. The minimum atomic E-state index is 0.302. The first-order chi connectivity index (χ1) is 8.75. The van der Waals surface area contributed by atoms with Crippen molar-refractivity contribution in [2.75, 3.05) is 6.54 Å². The molecule has 2 rings (SSSR count). The molecule has 0 bridgehead atoms. The Balaban J connectivity index is 1.80. The van der Waals surface area contributed by atoms with Crippen molar-refractivity contribution in [2.45, 2.75) is 19.4 Å². The minimum absolute atomic E-state index is 0.302. The van der Waals surface area contributed by atoms with E-state index in [1.54, 1.807) is 18.3 Å². The van der Waals surface area contributed by atoms with E-state index in [2.05, 4.69) is 23.3 Å². The maximum Gasteiger partial charge on any atom is 0.115 e. The van der Waals surface area contributed by atoms with Crippen LogP contribution in [0.5, 0.6) is 5.75 Å². The van der Waals surface area contributed by atoms with Crippen LogP contribution in [0.15, 0.2) is 48.8 Å². The van der Waals surface area contributed by atoms with Gasteiger partial charge in [0.1, 0.15) is 5.75 Å². The van der Waals surface area contributed by atoms with Crippen LogP contribution in [-0.2, 0) is 6.42 Å². The van der Waals surface area contributed by atoms with Crippen LogP contribution in [0, 0.1) is 0 Å². The molecule has 0 saturated heterocycles. The zero-order chi connectivity index (χ0) is 12.8. The van der Waals surface area contributed by atoms with Crippen molar-refractivity contribution in [1.29, 1.82) is 0 Å². The number of benzene rings is 1. The number of phenolic OH excluding ortho intramolecular Hbond substituents is 1. The second-order valence-corrected chi connectivity index (χ2v) is 4.38. The lowest BCUT2D eigenvalue weighted by Crippen LogP contribution is -2.21. The van der Waals surface area contributed by atoms with Gasteiger partial charge in [-0.1, -0.05) is 18.2 Å². The van der Waals surface area contributed by atoms with Crippen LogP contribution in [0.4, 0.5) is 0 Å². The van der Waals surface area contributed by atoms with Crippen molar-refractivity contribution in [2.24, 2.45) is 0 Å². The van der Waals surface area contributed by atoms with E-state index in [0.29, 0.717) is 11.8 Å². The van der Waals surface area contributed by atoms with E-state index in [0.717, 1.165) is 13.0 Å². The summed E-state index contributed by atoms with van der Waals surface area (Å²) in [7, 11) is 0. The van der Waals surface area contributed by atoms with Crippen LogP contribution in [0.3, 0.4) is 0 Å². The fourth-order valence-corrected chi connectivity index (χ4v) is 1.85. The molecule has 1 atom stereocenters. The number of phenols is 1. The first kappa shape index (κ1) is 12.6. The van der Waals surface area contributed by atoms with Gasteiger partial charge in [0, 0.05) is 18.4 Å².